The van der Waals surface area contributed by atoms with E-state index < -0.39 is 11.8 Å². The standard InChI is InChI=1S/C15H11FN2O3/c1-20-15(19)10-6-8(17)7-12-13(10)21-14(18-12)9-4-2-3-5-11(9)16/h2-7H,17H2,1H3. The molecule has 2 N–H and O–H groups in total. The third kappa shape index (κ3) is 2.20. The number of hydrogen-bond donors (Lipinski definition) is 1. The molecule has 0 aliphatic rings. The van der Waals surface area contributed by atoms with Gasteiger partial charge in [0, 0.05) is 5.69 Å². The molecular weight excluding hydrogens is 275 g/mol. The Morgan fingerprint density at radius 2 is 2.10 bits per heavy atom. The number of fused-ring (bicyclic) bond motifs is 1. The van der Waals surface area contributed by atoms with Crippen LogP contribution in [0.4, 0.5) is 10.1 Å². The summed E-state index contributed by atoms with van der Waals surface area (Å²) >= 11 is 0. The number of carbonyl (C=O) groups excluding carboxylic acids is 1. The second kappa shape index (κ2) is 4.90. The second-order valence-corrected chi connectivity index (χ2v) is 4.41. The van der Waals surface area contributed by atoms with Crippen LogP contribution in [-0.2, 0) is 4.74 Å². The number of ether oxygens (including phenoxy) is 1. The number of esters is 1. The Morgan fingerprint density at radius 3 is 2.81 bits per heavy atom. The summed E-state index contributed by atoms with van der Waals surface area (Å²) in [4.78, 5) is 15.9. The largest absolute Gasteiger partial charge is 0.465 e. The molecular formula is C15H11FN2O3. The van der Waals surface area contributed by atoms with Crippen LogP contribution in [-0.4, -0.2) is 18.1 Å². The second-order valence-electron chi connectivity index (χ2n) is 4.41. The van der Waals surface area contributed by atoms with Crippen molar-refractivity contribution >= 4 is 22.8 Å². The van der Waals surface area contributed by atoms with Crippen LogP contribution in [0.15, 0.2) is 40.8 Å². The summed E-state index contributed by atoms with van der Waals surface area (Å²) in [5.74, 6) is -0.973. The fraction of sp³-hybridized carbons (Fsp3) is 0.0667. The maximum absolute atomic E-state index is 13.8. The summed E-state index contributed by atoms with van der Waals surface area (Å²) in [5, 5.41) is 0. The Hall–Kier alpha value is -2.89. The number of benzene rings is 2. The minimum absolute atomic E-state index is 0.0823. The smallest absolute Gasteiger partial charge is 0.341 e. The summed E-state index contributed by atoms with van der Waals surface area (Å²) in [7, 11) is 1.26. The highest BCUT2D eigenvalue weighted by atomic mass is 19.1. The number of methoxy groups -OCH3 is 1. The van der Waals surface area contributed by atoms with Crippen molar-refractivity contribution in [1.29, 1.82) is 0 Å². The molecule has 0 aliphatic carbocycles. The van der Waals surface area contributed by atoms with Gasteiger partial charge in [0.1, 0.15) is 16.9 Å². The number of rotatable bonds is 2. The van der Waals surface area contributed by atoms with Gasteiger partial charge >= 0.3 is 5.97 Å². The lowest BCUT2D eigenvalue weighted by atomic mass is 10.2. The van der Waals surface area contributed by atoms with Crippen molar-refractivity contribution in [3.05, 3.63) is 47.8 Å². The first-order valence-corrected chi connectivity index (χ1v) is 6.13. The highest BCUT2D eigenvalue weighted by Crippen LogP contribution is 2.30. The van der Waals surface area contributed by atoms with Crippen molar-refractivity contribution in [2.75, 3.05) is 12.8 Å². The van der Waals surface area contributed by atoms with Crippen LogP contribution in [0.1, 0.15) is 10.4 Å². The lowest BCUT2D eigenvalue weighted by molar-refractivity contribution is 0.0602. The van der Waals surface area contributed by atoms with Gasteiger partial charge in [0.2, 0.25) is 5.89 Å². The van der Waals surface area contributed by atoms with Crippen LogP contribution in [0.5, 0.6) is 0 Å². The van der Waals surface area contributed by atoms with Crippen molar-refractivity contribution in [2.24, 2.45) is 0 Å². The minimum Gasteiger partial charge on any atom is -0.465 e. The third-order valence-electron chi connectivity index (χ3n) is 3.02. The molecule has 0 radical (unpaired) electrons. The van der Waals surface area contributed by atoms with E-state index in [1.807, 2.05) is 0 Å². The first kappa shape index (κ1) is 13.1. The highest BCUT2D eigenvalue weighted by molar-refractivity contribution is 6.03. The van der Waals surface area contributed by atoms with E-state index in [9.17, 15) is 9.18 Å². The molecule has 3 rings (SSSR count). The lowest BCUT2D eigenvalue weighted by Gasteiger charge is -2.00. The van der Waals surface area contributed by atoms with E-state index in [0.29, 0.717) is 11.2 Å². The van der Waals surface area contributed by atoms with Crippen molar-refractivity contribution in [3.8, 4) is 11.5 Å². The van der Waals surface area contributed by atoms with Gasteiger partial charge in [0.15, 0.2) is 5.58 Å². The van der Waals surface area contributed by atoms with Gasteiger partial charge in [0.25, 0.3) is 0 Å². The van der Waals surface area contributed by atoms with Crippen LogP contribution >= 0.6 is 0 Å². The number of nitrogen functional groups attached to an aromatic ring is 1. The average molecular weight is 286 g/mol. The van der Waals surface area contributed by atoms with Gasteiger partial charge in [-0.15, -0.1) is 0 Å². The summed E-state index contributed by atoms with van der Waals surface area (Å²) in [6, 6.07) is 9.07. The zero-order chi connectivity index (χ0) is 15.0. The highest BCUT2D eigenvalue weighted by Gasteiger charge is 2.19. The first-order valence-electron chi connectivity index (χ1n) is 6.13. The molecule has 0 saturated heterocycles. The molecule has 0 spiro atoms. The Balaban J connectivity index is 2.25. The molecule has 1 aromatic heterocycles. The Morgan fingerprint density at radius 1 is 1.33 bits per heavy atom. The van der Waals surface area contributed by atoms with Gasteiger partial charge in [-0.1, -0.05) is 12.1 Å². The molecule has 0 amide bonds. The molecule has 0 unspecified atom stereocenters. The van der Waals surface area contributed by atoms with Crippen LogP contribution in [0.3, 0.4) is 0 Å². The monoisotopic (exact) mass is 286 g/mol. The number of oxazole rings is 1. The molecule has 0 saturated carbocycles. The molecule has 3 aromatic rings. The van der Waals surface area contributed by atoms with E-state index >= 15 is 0 Å². The summed E-state index contributed by atoms with van der Waals surface area (Å²) in [6.07, 6.45) is 0. The SMILES string of the molecule is COC(=O)c1cc(N)cc2nc(-c3ccccc3F)oc12. The van der Waals surface area contributed by atoms with E-state index in [0.717, 1.165) is 0 Å². The van der Waals surface area contributed by atoms with Gasteiger partial charge in [-0.05, 0) is 24.3 Å². The van der Waals surface area contributed by atoms with Crippen molar-refractivity contribution in [2.45, 2.75) is 0 Å². The van der Waals surface area contributed by atoms with Crippen LogP contribution in [0, 0.1) is 5.82 Å². The Labute approximate surface area is 119 Å². The maximum Gasteiger partial charge on any atom is 0.341 e. The molecule has 0 fully saturated rings. The molecule has 0 bridgehead atoms. The van der Waals surface area contributed by atoms with Crippen molar-refractivity contribution in [1.82, 2.24) is 4.98 Å². The number of nitrogens with two attached hydrogens (primary N) is 1. The van der Waals surface area contributed by atoms with Crippen LogP contribution in [0.2, 0.25) is 0 Å². The zero-order valence-corrected chi connectivity index (χ0v) is 11.1. The fourth-order valence-corrected chi connectivity index (χ4v) is 2.07. The van der Waals surface area contributed by atoms with Gasteiger partial charge in [0.05, 0.1) is 12.7 Å². The fourth-order valence-electron chi connectivity index (χ4n) is 2.07. The molecule has 1 heterocycles. The van der Waals surface area contributed by atoms with Gasteiger partial charge in [-0.3, -0.25) is 0 Å². The summed E-state index contributed by atoms with van der Waals surface area (Å²) in [5.41, 5.74) is 7.03. The number of hydrogen-bond acceptors (Lipinski definition) is 5. The van der Waals surface area contributed by atoms with Crippen LogP contribution in [0.25, 0.3) is 22.6 Å². The van der Waals surface area contributed by atoms with E-state index in [1.54, 1.807) is 24.3 Å². The molecule has 5 nitrogen and oxygen atoms in total. The van der Waals surface area contributed by atoms with Crippen LogP contribution < -0.4 is 5.73 Å². The average Bonchev–Trinajstić information content (AvgIpc) is 2.89. The van der Waals surface area contributed by atoms with Crippen molar-refractivity contribution < 1.29 is 18.3 Å². The number of carbonyl (C=O) groups is 1. The van der Waals surface area contributed by atoms with E-state index in [1.165, 1.54) is 19.2 Å². The lowest BCUT2D eigenvalue weighted by Crippen LogP contribution is -2.02. The predicted molar refractivity (Wildman–Crippen MR) is 75.2 cm³/mol. The quantitative estimate of drug-likeness (QED) is 0.578. The van der Waals surface area contributed by atoms with E-state index in [2.05, 4.69) is 9.72 Å². The van der Waals surface area contributed by atoms with E-state index in [-0.39, 0.29) is 22.6 Å². The third-order valence-corrected chi connectivity index (χ3v) is 3.02. The molecule has 21 heavy (non-hydrogen) atoms. The number of nitrogens with zero attached hydrogens (tertiary/aromatic N) is 1. The Kier molecular flexibility index (Phi) is 3.06. The van der Waals surface area contributed by atoms with Crippen molar-refractivity contribution in [3.63, 3.8) is 0 Å². The van der Waals surface area contributed by atoms with Gasteiger partial charge in [-0.25, -0.2) is 14.2 Å². The molecule has 106 valence electrons. The van der Waals surface area contributed by atoms with Gasteiger partial charge < -0.3 is 14.9 Å². The number of aromatic nitrogens is 1. The van der Waals surface area contributed by atoms with Gasteiger partial charge in [-0.2, -0.15) is 0 Å². The number of halogens is 1. The maximum atomic E-state index is 13.8. The topological polar surface area (TPSA) is 78.4 Å². The number of anilines is 1. The summed E-state index contributed by atoms with van der Waals surface area (Å²) < 4.78 is 24.0. The normalized spacial score (nSPS) is 10.8. The summed E-state index contributed by atoms with van der Waals surface area (Å²) in [6.45, 7) is 0. The molecule has 2 aromatic carbocycles. The molecule has 6 heteroatoms. The minimum atomic E-state index is -0.594. The zero-order valence-electron chi connectivity index (χ0n) is 11.1. The van der Waals surface area contributed by atoms with E-state index in [4.69, 9.17) is 10.2 Å². The molecule has 0 atom stereocenters. The predicted octanol–water partition coefficient (Wildman–Crippen LogP) is 3.00. The Bertz CT molecular complexity index is 842. The first-order chi connectivity index (χ1) is 10.1. The molecule has 0 aliphatic heterocycles.